The molecule has 1 aliphatic rings. The van der Waals surface area contributed by atoms with Crippen molar-refractivity contribution in [2.45, 2.75) is 39.8 Å². The number of hydrogen-bond acceptors (Lipinski definition) is 5. The molecule has 0 unspecified atom stereocenters. The first kappa shape index (κ1) is 14.0. The van der Waals surface area contributed by atoms with Gasteiger partial charge in [-0.05, 0) is 33.8 Å². The van der Waals surface area contributed by atoms with Crippen LogP contribution < -0.4 is 0 Å². The van der Waals surface area contributed by atoms with Crippen LogP contribution in [-0.4, -0.2) is 46.2 Å². The monoisotopic (exact) mass is 289 g/mol. The Morgan fingerprint density at radius 3 is 2.90 bits per heavy atom. The summed E-state index contributed by atoms with van der Waals surface area (Å²) in [5, 5.41) is 4.63. The molecule has 0 aromatic carbocycles. The predicted octanol–water partition coefficient (Wildman–Crippen LogP) is 2.09. The van der Waals surface area contributed by atoms with E-state index in [1.165, 1.54) is 0 Å². The predicted molar refractivity (Wildman–Crippen MR) is 77.2 cm³/mol. The number of carbonyl (C=O) groups is 1. The van der Waals surface area contributed by atoms with Gasteiger partial charge >= 0.3 is 0 Å². The lowest BCUT2D eigenvalue weighted by Crippen LogP contribution is -2.50. The van der Waals surface area contributed by atoms with Crippen LogP contribution >= 0.6 is 0 Å². The zero-order valence-electron chi connectivity index (χ0n) is 12.7. The normalized spacial score (nSPS) is 22.8. The smallest absolute Gasteiger partial charge is 0.258 e. The fourth-order valence-corrected chi connectivity index (χ4v) is 2.73. The maximum absolute atomic E-state index is 12.9. The second kappa shape index (κ2) is 5.11. The van der Waals surface area contributed by atoms with Crippen LogP contribution in [0.15, 0.2) is 10.6 Å². The number of hydrogen-bond donors (Lipinski definition) is 0. The second-order valence-electron chi connectivity index (χ2n) is 5.71. The summed E-state index contributed by atoms with van der Waals surface area (Å²) in [6.45, 7) is 8.79. The first-order chi connectivity index (χ1) is 9.97. The molecule has 3 heterocycles. The standard InChI is InChI=1S/C15H19N3O3/c1-8-5-12(13-11(4)17-21-14(13)16-8)15(19)18-6-10(3)20-7-9(18)2/h5,9-10H,6-7H2,1-4H3/t9-,10+/m0/s1. The number of aromatic nitrogens is 2. The number of ether oxygens (including phenoxy) is 1. The number of rotatable bonds is 1. The molecular weight excluding hydrogens is 270 g/mol. The molecule has 6 nitrogen and oxygen atoms in total. The number of fused-ring (bicyclic) bond motifs is 1. The Kier molecular flexibility index (Phi) is 3.41. The van der Waals surface area contributed by atoms with Crippen LogP contribution in [0.3, 0.4) is 0 Å². The van der Waals surface area contributed by atoms with Gasteiger partial charge in [0.1, 0.15) is 0 Å². The summed E-state index contributed by atoms with van der Waals surface area (Å²) in [6.07, 6.45) is 0.0483. The SMILES string of the molecule is Cc1cc(C(=O)N2C[C@@H](C)OC[C@@H]2C)c2c(C)noc2n1. The van der Waals surface area contributed by atoms with Gasteiger partial charge in [0.25, 0.3) is 11.6 Å². The second-order valence-corrected chi connectivity index (χ2v) is 5.71. The zero-order chi connectivity index (χ0) is 15.1. The Balaban J connectivity index is 2.06. The number of pyridine rings is 1. The number of carbonyl (C=O) groups excluding carboxylic acids is 1. The molecular formula is C15H19N3O3. The van der Waals surface area contributed by atoms with Gasteiger partial charge in [-0.15, -0.1) is 0 Å². The minimum atomic E-state index is -0.0144. The van der Waals surface area contributed by atoms with E-state index >= 15 is 0 Å². The van der Waals surface area contributed by atoms with E-state index in [2.05, 4.69) is 10.1 Å². The summed E-state index contributed by atoms with van der Waals surface area (Å²) < 4.78 is 10.8. The third-order valence-electron chi connectivity index (χ3n) is 3.84. The molecule has 21 heavy (non-hydrogen) atoms. The van der Waals surface area contributed by atoms with E-state index in [9.17, 15) is 4.79 Å². The molecule has 0 aliphatic carbocycles. The summed E-state index contributed by atoms with van der Waals surface area (Å²) in [4.78, 5) is 19.1. The molecule has 1 aliphatic heterocycles. The van der Waals surface area contributed by atoms with Crippen LogP contribution in [0.5, 0.6) is 0 Å². The van der Waals surface area contributed by atoms with Crippen molar-refractivity contribution >= 4 is 17.0 Å². The minimum absolute atomic E-state index is 0.0144. The van der Waals surface area contributed by atoms with Gasteiger partial charge in [-0.1, -0.05) is 5.16 Å². The Morgan fingerprint density at radius 2 is 2.14 bits per heavy atom. The Morgan fingerprint density at radius 1 is 1.38 bits per heavy atom. The van der Waals surface area contributed by atoms with Gasteiger partial charge in [0.2, 0.25) is 0 Å². The highest BCUT2D eigenvalue weighted by Gasteiger charge is 2.30. The highest BCUT2D eigenvalue weighted by molar-refractivity contribution is 6.06. The number of morpholine rings is 1. The summed E-state index contributed by atoms with van der Waals surface area (Å²) in [6, 6.07) is 1.86. The quantitative estimate of drug-likeness (QED) is 0.804. The Bertz CT molecular complexity index is 695. The topological polar surface area (TPSA) is 68.5 Å². The molecule has 1 saturated heterocycles. The minimum Gasteiger partial charge on any atom is -0.375 e. The molecule has 0 N–H and O–H groups in total. The van der Waals surface area contributed by atoms with Crippen LogP contribution in [0.2, 0.25) is 0 Å². The fraction of sp³-hybridized carbons (Fsp3) is 0.533. The van der Waals surface area contributed by atoms with Gasteiger partial charge in [0.05, 0.1) is 35.4 Å². The van der Waals surface area contributed by atoms with Crippen molar-refractivity contribution in [1.82, 2.24) is 15.0 Å². The van der Waals surface area contributed by atoms with Crippen LogP contribution in [-0.2, 0) is 4.74 Å². The molecule has 0 saturated carbocycles. The van der Waals surface area contributed by atoms with E-state index in [1.807, 2.05) is 38.7 Å². The maximum Gasteiger partial charge on any atom is 0.258 e. The van der Waals surface area contributed by atoms with E-state index in [0.29, 0.717) is 35.5 Å². The van der Waals surface area contributed by atoms with Crippen molar-refractivity contribution in [3.63, 3.8) is 0 Å². The van der Waals surface area contributed by atoms with Gasteiger partial charge in [0.15, 0.2) is 0 Å². The molecule has 2 aromatic rings. The van der Waals surface area contributed by atoms with Crippen LogP contribution in [0.25, 0.3) is 11.1 Å². The number of nitrogens with zero attached hydrogens (tertiary/aromatic N) is 3. The van der Waals surface area contributed by atoms with Gasteiger partial charge in [-0.25, -0.2) is 4.98 Å². The molecule has 2 atom stereocenters. The van der Waals surface area contributed by atoms with Gasteiger partial charge in [0, 0.05) is 12.2 Å². The van der Waals surface area contributed by atoms with E-state index < -0.39 is 0 Å². The third kappa shape index (κ3) is 2.40. The molecule has 0 spiro atoms. The molecule has 1 amide bonds. The molecule has 2 aromatic heterocycles. The molecule has 0 radical (unpaired) electrons. The molecule has 6 heteroatoms. The van der Waals surface area contributed by atoms with Crippen LogP contribution in [0, 0.1) is 13.8 Å². The van der Waals surface area contributed by atoms with Gasteiger partial charge in [-0.3, -0.25) is 4.79 Å². The molecule has 0 bridgehead atoms. The Hall–Kier alpha value is -1.95. The third-order valence-corrected chi connectivity index (χ3v) is 3.84. The maximum atomic E-state index is 12.9. The van der Waals surface area contributed by atoms with Crippen molar-refractivity contribution in [2.75, 3.05) is 13.2 Å². The van der Waals surface area contributed by atoms with Crippen molar-refractivity contribution in [1.29, 1.82) is 0 Å². The van der Waals surface area contributed by atoms with E-state index in [0.717, 1.165) is 5.69 Å². The van der Waals surface area contributed by atoms with Crippen molar-refractivity contribution in [2.24, 2.45) is 0 Å². The average Bonchev–Trinajstić information content (AvgIpc) is 2.81. The first-order valence-electron chi connectivity index (χ1n) is 7.13. The highest BCUT2D eigenvalue weighted by Crippen LogP contribution is 2.25. The lowest BCUT2D eigenvalue weighted by molar-refractivity contribution is -0.0386. The fourth-order valence-electron chi connectivity index (χ4n) is 2.73. The lowest BCUT2D eigenvalue weighted by Gasteiger charge is -2.37. The Labute approximate surface area is 123 Å². The number of aryl methyl sites for hydroxylation is 2. The van der Waals surface area contributed by atoms with Gasteiger partial charge in [-0.2, -0.15) is 0 Å². The van der Waals surface area contributed by atoms with Crippen LogP contribution in [0.4, 0.5) is 0 Å². The largest absolute Gasteiger partial charge is 0.375 e. The average molecular weight is 289 g/mol. The summed E-state index contributed by atoms with van der Waals surface area (Å²) >= 11 is 0. The summed E-state index contributed by atoms with van der Waals surface area (Å²) in [7, 11) is 0. The van der Waals surface area contributed by atoms with E-state index in [-0.39, 0.29) is 18.1 Å². The van der Waals surface area contributed by atoms with Crippen LogP contribution in [0.1, 0.15) is 35.6 Å². The summed E-state index contributed by atoms with van der Waals surface area (Å²) in [5.41, 5.74) is 2.47. The molecule has 3 rings (SSSR count). The zero-order valence-corrected chi connectivity index (χ0v) is 12.7. The van der Waals surface area contributed by atoms with Crippen molar-refractivity contribution in [3.8, 4) is 0 Å². The van der Waals surface area contributed by atoms with Crippen molar-refractivity contribution in [3.05, 3.63) is 23.0 Å². The van der Waals surface area contributed by atoms with Gasteiger partial charge < -0.3 is 14.2 Å². The highest BCUT2D eigenvalue weighted by atomic mass is 16.5. The molecule has 112 valence electrons. The van der Waals surface area contributed by atoms with E-state index in [1.54, 1.807) is 0 Å². The van der Waals surface area contributed by atoms with Crippen molar-refractivity contribution < 1.29 is 14.1 Å². The molecule has 1 fully saturated rings. The number of amides is 1. The summed E-state index contributed by atoms with van der Waals surface area (Å²) in [5.74, 6) is -0.0144. The van der Waals surface area contributed by atoms with E-state index in [4.69, 9.17) is 9.26 Å². The lowest BCUT2D eigenvalue weighted by atomic mass is 10.1. The first-order valence-corrected chi connectivity index (χ1v) is 7.13.